The minimum atomic E-state index is 0.752. The lowest BCUT2D eigenvalue weighted by molar-refractivity contribution is 0.121. The van der Waals surface area contributed by atoms with Crippen LogP contribution in [0.5, 0.6) is 0 Å². The Kier molecular flexibility index (Phi) is 6.85. The van der Waals surface area contributed by atoms with Gasteiger partial charge >= 0.3 is 0 Å². The molecule has 1 aromatic heterocycles. The summed E-state index contributed by atoms with van der Waals surface area (Å²) in [7, 11) is 0. The first kappa shape index (κ1) is 13.2. The van der Waals surface area contributed by atoms with Crippen molar-refractivity contribution < 1.29 is 4.74 Å². The second-order valence-corrected chi connectivity index (χ2v) is 3.82. The summed E-state index contributed by atoms with van der Waals surface area (Å²) < 4.78 is 7.43. The van der Waals surface area contributed by atoms with E-state index >= 15 is 0 Å². The molecule has 4 nitrogen and oxygen atoms in total. The molecule has 0 radical (unpaired) electrons. The maximum absolute atomic E-state index is 5.49. The van der Waals surface area contributed by atoms with Crippen molar-refractivity contribution in [3.8, 4) is 0 Å². The van der Waals surface area contributed by atoms with E-state index in [0.29, 0.717) is 0 Å². The highest BCUT2D eigenvalue weighted by Gasteiger charge is 1.97. The monoisotopic (exact) mass is 225 g/mol. The second kappa shape index (κ2) is 8.30. The molecule has 0 bridgehead atoms. The van der Waals surface area contributed by atoms with Crippen LogP contribution in [-0.2, 0) is 17.8 Å². The molecule has 0 spiro atoms. The molecule has 0 saturated carbocycles. The van der Waals surface area contributed by atoms with Gasteiger partial charge in [0.25, 0.3) is 0 Å². The average molecular weight is 225 g/mol. The molecular weight excluding hydrogens is 202 g/mol. The zero-order valence-corrected chi connectivity index (χ0v) is 10.4. The second-order valence-electron chi connectivity index (χ2n) is 3.82. The summed E-state index contributed by atoms with van der Waals surface area (Å²) in [6.07, 6.45) is 4.34. The Hall–Kier alpha value is -0.870. The van der Waals surface area contributed by atoms with E-state index in [2.05, 4.69) is 30.3 Å². The van der Waals surface area contributed by atoms with Gasteiger partial charge < -0.3 is 10.1 Å². The van der Waals surface area contributed by atoms with Crippen LogP contribution in [0.1, 0.15) is 32.4 Å². The molecule has 0 aliphatic heterocycles. The van der Waals surface area contributed by atoms with Crippen LogP contribution in [0.2, 0.25) is 0 Å². The Morgan fingerprint density at radius 3 is 3.00 bits per heavy atom. The van der Waals surface area contributed by atoms with Gasteiger partial charge in [-0.05, 0) is 19.0 Å². The minimum Gasteiger partial charge on any atom is -0.380 e. The molecule has 16 heavy (non-hydrogen) atoms. The lowest BCUT2D eigenvalue weighted by Gasteiger charge is -2.03. The van der Waals surface area contributed by atoms with Gasteiger partial charge in [0.1, 0.15) is 0 Å². The van der Waals surface area contributed by atoms with Crippen molar-refractivity contribution in [3.63, 3.8) is 0 Å². The number of hydrogen-bond acceptors (Lipinski definition) is 3. The molecule has 0 atom stereocenters. The van der Waals surface area contributed by atoms with Crippen molar-refractivity contribution in [1.82, 2.24) is 15.1 Å². The predicted octanol–water partition coefficient (Wildman–Crippen LogP) is 1.81. The number of nitrogens with zero attached hydrogens (tertiary/aromatic N) is 2. The Bertz CT molecular complexity index is 273. The summed E-state index contributed by atoms with van der Waals surface area (Å²) in [4.78, 5) is 0. The Labute approximate surface area is 98.0 Å². The van der Waals surface area contributed by atoms with Crippen molar-refractivity contribution in [2.45, 2.75) is 39.8 Å². The number of rotatable bonds is 9. The molecule has 1 heterocycles. The van der Waals surface area contributed by atoms with Crippen LogP contribution in [0.15, 0.2) is 12.3 Å². The van der Waals surface area contributed by atoms with Crippen LogP contribution in [0, 0.1) is 0 Å². The van der Waals surface area contributed by atoms with Crippen LogP contribution >= 0.6 is 0 Å². The molecule has 0 aliphatic rings. The Morgan fingerprint density at radius 2 is 2.25 bits per heavy atom. The van der Waals surface area contributed by atoms with Crippen molar-refractivity contribution in [1.29, 1.82) is 0 Å². The van der Waals surface area contributed by atoms with Gasteiger partial charge in [-0.2, -0.15) is 5.10 Å². The van der Waals surface area contributed by atoms with Gasteiger partial charge in [-0.1, -0.05) is 20.3 Å². The van der Waals surface area contributed by atoms with E-state index in [0.717, 1.165) is 45.0 Å². The third-order valence-electron chi connectivity index (χ3n) is 2.36. The summed E-state index contributed by atoms with van der Waals surface area (Å²) in [6.45, 7) is 8.55. The highest BCUT2D eigenvalue weighted by atomic mass is 16.5. The fourth-order valence-electron chi connectivity index (χ4n) is 1.38. The topological polar surface area (TPSA) is 39.1 Å². The molecule has 4 heteroatoms. The summed E-state index contributed by atoms with van der Waals surface area (Å²) >= 11 is 0. The largest absolute Gasteiger partial charge is 0.380 e. The molecule has 0 unspecified atom stereocenters. The van der Waals surface area contributed by atoms with Crippen LogP contribution in [0.4, 0.5) is 0 Å². The summed E-state index contributed by atoms with van der Waals surface area (Å²) in [5.41, 5.74) is 1.09. The third-order valence-corrected chi connectivity index (χ3v) is 2.36. The van der Waals surface area contributed by atoms with Gasteiger partial charge in [-0.25, -0.2) is 0 Å². The molecule has 0 aromatic carbocycles. The molecule has 0 saturated heterocycles. The molecule has 0 amide bonds. The first-order chi connectivity index (χ1) is 7.86. The Morgan fingerprint density at radius 1 is 1.38 bits per heavy atom. The van der Waals surface area contributed by atoms with Crippen molar-refractivity contribution in [2.24, 2.45) is 0 Å². The third kappa shape index (κ3) is 5.28. The normalized spacial score (nSPS) is 10.9. The van der Waals surface area contributed by atoms with E-state index in [4.69, 9.17) is 4.74 Å². The summed E-state index contributed by atoms with van der Waals surface area (Å²) in [5.74, 6) is 0. The molecule has 1 N–H and O–H groups in total. The molecule has 0 fully saturated rings. The molecule has 92 valence electrons. The van der Waals surface area contributed by atoms with Crippen molar-refractivity contribution >= 4 is 0 Å². The molecule has 0 aliphatic carbocycles. The van der Waals surface area contributed by atoms with E-state index in [1.165, 1.54) is 6.42 Å². The molecule has 1 aromatic rings. The smallest absolute Gasteiger partial charge is 0.0762 e. The van der Waals surface area contributed by atoms with Crippen LogP contribution < -0.4 is 5.32 Å². The Balaban J connectivity index is 2.14. The summed E-state index contributed by atoms with van der Waals surface area (Å²) in [5, 5.41) is 7.69. The van der Waals surface area contributed by atoms with Gasteiger partial charge in [0.05, 0.1) is 18.8 Å². The van der Waals surface area contributed by atoms with Gasteiger partial charge in [0.2, 0.25) is 0 Å². The number of ether oxygens (including phenoxy) is 1. The van der Waals surface area contributed by atoms with Gasteiger partial charge in [0, 0.05) is 19.3 Å². The SMILES string of the molecule is CCCCOCCn1ccc(CNCC)n1. The number of hydrogen-bond donors (Lipinski definition) is 1. The lowest BCUT2D eigenvalue weighted by atomic mass is 10.4. The van der Waals surface area contributed by atoms with Crippen molar-refractivity contribution in [3.05, 3.63) is 18.0 Å². The van der Waals surface area contributed by atoms with E-state index < -0.39 is 0 Å². The van der Waals surface area contributed by atoms with E-state index in [9.17, 15) is 0 Å². The van der Waals surface area contributed by atoms with Crippen molar-refractivity contribution in [2.75, 3.05) is 19.8 Å². The first-order valence-corrected chi connectivity index (χ1v) is 6.17. The minimum absolute atomic E-state index is 0.752. The summed E-state index contributed by atoms with van der Waals surface area (Å²) in [6, 6.07) is 2.05. The van der Waals surface area contributed by atoms with Gasteiger partial charge in [-0.3, -0.25) is 4.68 Å². The maximum Gasteiger partial charge on any atom is 0.0762 e. The molecular formula is C12H23N3O. The van der Waals surface area contributed by atoms with E-state index in [1.54, 1.807) is 0 Å². The highest BCUT2D eigenvalue weighted by Crippen LogP contribution is 1.96. The standard InChI is InChI=1S/C12H23N3O/c1-3-5-9-16-10-8-15-7-6-12(14-15)11-13-4-2/h6-7,13H,3-5,8-11H2,1-2H3. The van der Waals surface area contributed by atoms with E-state index in [-0.39, 0.29) is 0 Å². The van der Waals surface area contributed by atoms with Crippen LogP contribution in [-0.4, -0.2) is 29.5 Å². The van der Waals surface area contributed by atoms with E-state index in [1.807, 2.05) is 10.9 Å². The number of aromatic nitrogens is 2. The highest BCUT2D eigenvalue weighted by molar-refractivity contribution is 4.98. The zero-order chi connectivity index (χ0) is 11.6. The lowest BCUT2D eigenvalue weighted by Crippen LogP contribution is -2.13. The number of unbranched alkanes of at least 4 members (excludes halogenated alkanes) is 1. The molecule has 1 rings (SSSR count). The fourth-order valence-corrected chi connectivity index (χ4v) is 1.38. The van der Waals surface area contributed by atoms with Gasteiger partial charge in [-0.15, -0.1) is 0 Å². The maximum atomic E-state index is 5.49. The first-order valence-electron chi connectivity index (χ1n) is 6.17. The number of nitrogens with one attached hydrogen (secondary N) is 1. The predicted molar refractivity (Wildman–Crippen MR) is 65.3 cm³/mol. The van der Waals surface area contributed by atoms with Gasteiger partial charge in [0.15, 0.2) is 0 Å². The van der Waals surface area contributed by atoms with Crippen LogP contribution in [0.3, 0.4) is 0 Å². The average Bonchev–Trinajstić information content (AvgIpc) is 2.74. The van der Waals surface area contributed by atoms with Crippen LogP contribution in [0.25, 0.3) is 0 Å². The fraction of sp³-hybridized carbons (Fsp3) is 0.750. The zero-order valence-electron chi connectivity index (χ0n) is 10.4. The quantitative estimate of drug-likeness (QED) is 0.651.